The van der Waals surface area contributed by atoms with Gasteiger partial charge < -0.3 is 24.6 Å². The van der Waals surface area contributed by atoms with Gasteiger partial charge in [-0.1, -0.05) is 0 Å². The number of esters is 1. The average Bonchev–Trinajstić information content (AvgIpc) is 2.31. The lowest BCUT2D eigenvalue weighted by molar-refractivity contribution is -0.148. The van der Waals surface area contributed by atoms with Crippen LogP contribution in [0.5, 0.6) is 0 Å². The predicted molar refractivity (Wildman–Crippen MR) is 67.4 cm³/mol. The molecule has 18 heavy (non-hydrogen) atoms. The van der Waals surface area contributed by atoms with Crippen LogP contribution in [0.25, 0.3) is 0 Å². The largest absolute Gasteiger partial charge is 0.464 e. The Hall–Kier alpha value is -0.690. The minimum absolute atomic E-state index is 0.0322. The lowest BCUT2D eigenvalue weighted by Crippen LogP contribution is -2.40. The van der Waals surface area contributed by atoms with Crippen LogP contribution in [0.4, 0.5) is 0 Å². The summed E-state index contributed by atoms with van der Waals surface area (Å²) in [7, 11) is 1.60. The van der Waals surface area contributed by atoms with Gasteiger partial charge in [-0.05, 0) is 13.8 Å². The molecular weight excluding hydrogens is 238 g/mol. The summed E-state index contributed by atoms with van der Waals surface area (Å²) in [4.78, 5) is 10.9. The van der Waals surface area contributed by atoms with E-state index < -0.39 is 5.60 Å². The van der Waals surface area contributed by atoms with Gasteiger partial charge in [-0.3, -0.25) is 0 Å². The molecule has 0 aromatic rings. The van der Waals surface area contributed by atoms with Gasteiger partial charge in [0.15, 0.2) is 0 Å². The van der Waals surface area contributed by atoms with E-state index in [9.17, 15) is 9.90 Å². The Kier molecular flexibility index (Phi) is 9.86. The molecular formula is C12H25NO5. The van der Waals surface area contributed by atoms with E-state index in [-0.39, 0.29) is 12.6 Å². The maximum Gasteiger partial charge on any atom is 0.332 e. The highest BCUT2D eigenvalue weighted by Gasteiger charge is 2.18. The molecule has 0 saturated carbocycles. The molecule has 108 valence electrons. The first kappa shape index (κ1) is 17.3. The molecule has 0 aliphatic rings. The molecule has 1 unspecified atom stereocenters. The summed E-state index contributed by atoms with van der Waals surface area (Å²) in [6.07, 6.45) is 0.570. The van der Waals surface area contributed by atoms with Gasteiger partial charge in [0.2, 0.25) is 0 Å². The van der Waals surface area contributed by atoms with E-state index in [2.05, 4.69) is 5.32 Å². The van der Waals surface area contributed by atoms with Gasteiger partial charge in [0.25, 0.3) is 0 Å². The molecule has 0 aliphatic heterocycles. The number of rotatable bonds is 11. The molecule has 0 saturated heterocycles. The van der Waals surface area contributed by atoms with E-state index in [1.807, 2.05) is 0 Å². The number of carbonyl (C=O) groups is 1. The number of nitrogens with one attached hydrogen (secondary N) is 1. The monoisotopic (exact) mass is 263 g/mol. The van der Waals surface area contributed by atoms with Gasteiger partial charge in [-0.15, -0.1) is 0 Å². The van der Waals surface area contributed by atoms with E-state index in [1.54, 1.807) is 21.0 Å². The van der Waals surface area contributed by atoms with Gasteiger partial charge in [0.1, 0.15) is 6.61 Å². The quantitative estimate of drug-likeness (QED) is 0.402. The fourth-order valence-electron chi connectivity index (χ4n) is 1.27. The summed E-state index contributed by atoms with van der Waals surface area (Å²) in [5.41, 5.74) is -0.794. The van der Waals surface area contributed by atoms with Crippen molar-refractivity contribution < 1.29 is 24.1 Å². The third kappa shape index (κ3) is 10.5. The van der Waals surface area contributed by atoms with Crippen LogP contribution in [0.15, 0.2) is 0 Å². The van der Waals surface area contributed by atoms with E-state index in [0.717, 1.165) is 0 Å². The molecule has 2 N–H and O–H groups in total. The summed E-state index contributed by atoms with van der Waals surface area (Å²) in [5, 5.41) is 13.0. The molecule has 0 heterocycles. The zero-order valence-corrected chi connectivity index (χ0v) is 11.5. The Labute approximate surface area is 109 Å². The van der Waals surface area contributed by atoms with Crippen LogP contribution in [-0.2, 0) is 19.0 Å². The van der Waals surface area contributed by atoms with Crippen LogP contribution < -0.4 is 5.32 Å². The van der Waals surface area contributed by atoms with E-state index in [1.165, 1.54) is 0 Å². The molecule has 6 heteroatoms. The number of carbonyl (C=O) groups excluding carboxylic acids is 1. The summed E-state index contributed by atoms with van der Waals surface area (Å²) in [6, 6.07) is 0. The number of hydrogen-bond acceptors (Lipinski definition) is 6. The average molecular weight is 263 g/mol. The molecule has 0 fully saturated rings. The second-order valence-electron chi connectivity index (χ2n) is 4.27. The SMILES string of the molecule is CCOC(=O)COCCNCC(C)(O)CCOC. The van der Waals surface area contributed by atoms with Crippen LogP contribution in [-0.4, -0.2) is 63.3 Å². The molecule has 0 radical (unpaired) electrons. The zero-order valence-electron chi connectivity index (χ0n) is 11.5. The highest BCUT2D eigenvalue weighted by atomic mass is 16.6. The number of aliphatic hydroxyl groups is 1. The van der Waals surface area contributed by atoms with Crippen LogP contribution in [0.1, 0.15) is 20.3 Å². The van der Waals surface area contributed by atoms with Crippen molar-refractivity contribution in [3.63, 3.8) is 0 Å². The molecule has 0 aliphatic carbocycles. The minimum atomic E-state index is -0.794. The van der Waals surface area contributed by atoms with Gasteiger partial charge in [0, 0.05) is 33.2 Å². The van der Waals surface area contributed by atoms with Gasteiger partial charge in [-0.2, -0.15) is 0 Å². The van der Waals surface area contributed by atoms with Crippen molar-refractivity contribution in [2.24, 2.45) is 0 Å². The summed E-state index contributed by atoms with van der Waals surface area (Å²) >= 11 is 0. The second kappa shape index (κ2) is 10.3. The van der Waals surface area contributed by atoms with Gasteiger partial charge in [0.05, 0.1) is 18.8 Å². The van der Waals surface area contributed by atoms with E-state index >= 15 is 0 Å². The van der Waals surface area contributed by atoms with Crippen molar-refractivity contribution >= 4 is 5.97 Å². The van der Waals surface area contributed by atoms with Gasteiger partial charge in [-0.25, -0.2) is 4.79 Å². The highest BCUT2D eigenvalue weighted by molar-refractivity contribution is 5.70. The van der Waals surface area contributed by atoms with Crippen LogP contribution in [0.3, 0.4) is 0 Å². The Morgan fingerprint density at radius 2 is 2.11 bits per heavy atom. The molecule has 1 atom stereocenters. The molecule has 0 rings (SSSR count). The van der Waals surface area contributed by atoms with Crippen molar-refractivity contribution in [1.82, 2.24) is 5.32 Å². The topological polar surface area (TPSA) is 77.0 Å². The third-order valence-electron chi connectivity index (χ3n) is 2.30. The van der Waals surface area contributed by atoms with E-state index in [4.69, 9.17) is 14.2 Å². The Bertz CT molecular complexity index is 221. The van der Waals surface area contributed by atoms with Crippen molar-refractivity contribution in [3.05, 3.63) is 0 Å². The summed E-state index contributed by atoms with van der Waals surface area (Å²) in [6.45, 7) is 5.79. The molecule has 0 amide bonds. The fraction of sp³-hybridized carbons (Fsp3) is 0.917. The first-order valence-corrected chi connectivity index (χ1v) is 6.17. The smallest absolute Gasteiger partial charge is 0.332 e. The molecule has 0 aromatic heterocycles. The lowest BCUT2D eigenvalue weighted by atomic mass is 10.0. The van der Waals surface area contributed by atoms with Crippen molar-refractivity contribution in [2.75, 3.05) is 46.6 Å². The number of hydrogen-bond donors (Lipinski definition) is 2. The normalized spacial score (nSPS) is 14.2. The number of methoxy groups -OCH3 is 1. The fourth-order valence-corrected chi connectivity index (χ4v) is 1.27. The molecule has 0 bridgehead atoms. The number of ether oxygens (including phenoxy) is 3. The highest BCUT2D eigenvalue weighted by Crippen LogP contribution is 2.06. The third-order valence-corrected chi connectivity index (χ3v) is 2.30. The summed E-state index contributed by atoms with van der Waals surface area (Å²) < 4.78 is 14.7. The van der Waals surface area contributed by atoms with Crippen molar-refractivity contribution in [2.45, 2.75) is 25.9 Å². The van der Waals surface area contributed by atoms with Crippen LogP contribution in [0, 0.1) is 0 Å². The maximum atomic E-state index is 10.9. The maximum absolute atomic E-state index is 10.9. The Morgan fingerprint density at radius 1 is 1.39 bits per heavy atom. The molecule has 6 nitrogen and oxygen atoms in total. The van der Waals surface area contributed by atoms with Crippen molar-refractivity contribution in [1.29, 1.82) is 0 Å². The Morgan fingerprint density at radius 3 is 2.72 bits per heavy atom. The minimum Gasteiger partial charge on any atom is -0.464 e. The van der Waals surface area contributed by atoms with E-state index in [0.29, 0.717) is 39.3 Å². The first-order valence-electron chi connectivity index (χ1n) is 6.17. The Balaban J connectivity index is 3.41. The van der Waals surface area contributed by atoms with Crippen LogP contribution >= 0.6 is 0 Å². The van der Waals surface area contributed by atoms with Crippen LogP contribution in [0.2, 0.25) is 0 Å². The first-order chi connectivity index (χ1) is 8.52. The van der Waals surface area contributed by atoms with Gasteiger partial charge >= 0.3 is 5.97 Å². The predicted octanol–water partition coefficient (Wildman–Crippen LogP) is -0.0568. The standard InChI is InChI=1S/C12H25NO5/c1-4-18-11(14)9-17-8-6-13-10-12(2,15)5-7-16-3/h13,15H,4-10H2,1-3H3. The summed E-state index contributed by atoms with van der Waals surface area (Å²) in [5.74, 6) is -0.357. The lowest BCUT2D eigenvalue weighted by Gasteiger charge is -2.23. The molecule has 0 spiro atoms. The molecule has 0 aromatic carbocycles. The second-order valence-corrected chi connectivity index (χ2v) is 4.27. The van der Waals surface area contributed by atoms with Crippen molar-refractivity contribution in [3.8, 4) is 0 Å². The zero-order chi connectivity index (χ0) is 13.9.